The van der Waals surface area contributed by atoms with Crippen molar-refractivity contribution >= 4 is 23.2 Å². The number of anilines is 1. The zero-order chi connectivity index (χ0) is 18.5. The molecule has 0 aromatic heterocycles. The second-order valence-corrected chi connectivity index (χ2v) is 5.39. The lowest BCUT2D eigenvalue weighted by atomic mass is 10.1. The molecule has 1 aliphatic heterocycles. The summed E-state index contributed by atoms with van der Waals surface area (Å²) in [6.07, 6.45) is 0. The third kappa shape index (κ3) is 3.77. The minimum atomic E-state index is -1.00. The van der Waals surface area contributed by atoms with Gasteiger partial charge in [-0.15, -0.1) is 0 Å². The summed E-state index contributed by atoms with van der Waals surface area (Å²) in [5, 5.41) is 2.82. The summed E-state index contributed by atoms with van der Waals surface area (Å²) in [7, 11) is 0. The monoisotopic (exact) mass is 355 g/mol. The van der Waals surface area contributed by atoms with Crippen molar-refractivity contribution in [2.45, 2.75) is 0 Å². The molecule has 0 spiro atoms. The fourth-order valence-corrected chi connectivity index (χ4v) is 2.33. The molecule has 0 amide bonds. The van der Waals surface area contributed by atoms with Crippen LogP contribution in [0.25, 0.3) is 0 Å². The van der Waals surface area contributed by atoms with Gasteiger partial charge in [-0.25, -0.2) is 9.18 Å². The highest BCUT2D eigenvalue weighted by Gasteiger charge is 2.33. The predicted molar refractivity (Wildman–Crippen MR) is 89.7 cm³/mol. The molecule has 26 heavy (non-hydrogen) atoms. The number of para-hydroxylation sites is 1. The molecule has 0 saturated carbocycles. The minimum absolute atomic E-state index is 0.0375. The number of halogens is 1. The van der Waals surface area contributed by atoms with Crippen molar-refractivity contribution in [1.29, 1.82) is 0 Å². The van der Waals surface area contributed by atoms with E-state index in [4.69, 9.17) is 9.47 Å². The zero-order valence-electron chi connectivity index (χ0n) is 13.5. The summed E-state index contributed by atoms with van der Waals surface area (Å²) in [5.41, 5.74) is 0.117. The van der Waals surface area contributed by atoms with Crippen LogP contribution in [0.4, 0.5) is 10.1 Å². The molecule has 2 aromatic carbocycles. The molecule has 0 fully saturated rings. The second-order valence-electron chi connectivity index (χ2n) is 5.39. The Labute approximate surface area is 148 Å². The smallest absolute Gasteiger partial charge is 0.347 e. The van der Waals surface area contributed by atoms with E-state index in [2.05, 4.69) is 5.32 Å². The topological polar surface area (TPSA) is 81.7 Å². The van der Waals surface area contributed by atoms with Crippen LogP contribution in [-0.4, -0.2) is 30.7 Å². The van der Waals surface area contributed by atoms with Crippen LogP contribution in [0, 0.1) is 5.82 Å². The molecule has 0 saturated heterocycles. The van der Waals surface area contributed by atoms with E-state index in [1.54, 1.807) is 24.3 Å². The first-order valence-electron chi connectivity index (χ1n) is 7.73. The van der Waals surface area contributed by atoms with E-state index in [0.29, 0.717) is 5.69 Å². The predicted octanol–water partition coefficient (Wildman–Crippen LogP) is 2.47. The first kappa shape index (κ1) is 17.3. The van der Waals surface area contributed by atoms with Gasteiger partial charge in [0, 0.05) is 5.69 Å². The Balaban J connectivity index is 1.71. The summed E-state index contributed by atoms with van der Waals surface area (Å²) in [5.74, 6) is -3.02. The Kier molecular flexibility index (Phi) is 5.07. The lowest BCUT2D eigenvalue weighted by molar-refractivity contribution is -0.139. The Bertz CT molecular complexity index is 892. The highest BCUT2D eigenvalue weighted by atomic mass is 19.1. The maximum absolute atomic E-state index is 13.6. The highest BCUT2D eigenvalue weighted by molar-refractivity contribution is 6.20. The zero-order valence-corrected chi connectivity index (χ0v) is 13.5. The SMILES string of the molecule is O=C1COC(Nc2ccccc2)=C1C(=O)OCC(=O)c1ccccc1F. The molecule has 2 aromatic rings. The van der Waals surface area contributed by atoms with Crippen LogP contribution in [-0.2, 0) is 19.1 Å². The third-order valence-electron chi connectivity index (χ3n) is 3.60. The van der Waals surface area contributed by atoms with Gasteiger partial charge in [0.15, 0.2) is 18.8 Å². The molecule has 0 unspecified atom stereocenters. The standard InChI is InChI=1S/C19H14FNO5/c20-14-9-5-4-8-13(14)15(22)10-26-19(24)17-16(23)11-25-18(17)21-12-6-2-1-3-7-12/h1-9,21H,10-11H2. The molecule has 6 nitrogen and oxygen atoms in total. The first-order chi connectivity index (χ1) is 12.6. The molecule has 7 heteroatoms. The van der Waals surface area contributed by atoms with Crippen molar-refractivity contribution < 1.29 is 28.2 Å². The molecule has 3 rings (SSSR count). The average molecular weight is 355 g/mol. The van der Waals surface area contributed by atoms with Crippen LogP contribution in [0.3, 0.4) is 0 Å². The Hall–Kier alpha value is -3.48. The van der Waals surface area contributed by atoms with Crippen molar-refractivity contribution in [3.8, 4) is 0 Å². The maximum Gasteiger partial charge on any atom is 0.347 e. The number of hydrogen-bond donors (Lipinski definition) is 1. The first-order valence-corrected chi connectivity index (χ1v) is 7.73. The van der Waals surface area contributed by atoms with Crippen molar-refractivity contribution in [3.05, 3.63) is 77.4 Å². The van der Waals surface area contributed by atoms with Crippen LogP contribution in [0.15, 0.2) is 66.1 Å². The van der Waals surface area contributed by atoms with Crippen molar-refractivity contribution in [3.63, 3.8) is 0 Å². The number of benzene rings is 2. The molecule has 1 heterocycles. The third-order valence-corrected chi connectivity index (χ3v) is 3.60. The number of ketones is 2. The number of esters is 1. The highest BCUT2D eigenvalue weighted by Crippen LogP contribution is 2.20. The van der Waals surface area contributed by atoms with Crippen LogP contribution in [0.1, 0.15) is 10.4 Å². The van der Waals surface area contributed by atoms with Gasteiger partial charge in [0.25, 0.3) is 0 Å². The van der Waals surface area contributed by atoms with Crippen molar-refractivity contribution in [2.75, 3.05) is 18.5 Å². The summed E-state index contributed by atoms with van der Waals surface area (Å²) in [4.78, 5) is 36.1. The van der Waals surface area contributed by atoms with Gasteiger partial charge in [0.05, 0.1) is 5.56 Å². The fourth-order valence-electron chi connectivity index (χ4n) is 2.33. The molecule has 0 atom stereocenters. The second kappa shape index (κ2) is 7.60. The molecular formula is C19H14FNO5. The van der Waals surface area contributed by atoms with Crippen molar-refractivity contribution in [1.82, 2.24) is 0 Å². The van der Waals surface area contributed by atoms with E-state index < -0.39 is 30.0 Å². The molecular weight excluding hydrogens is 341 g/mol. The van der Waals surface area contributed by atoms with E-state index in [9.17, 15) is 18.8 Å². The minimum Gasteiger partial charge on any atom is -0.470 e. The van der Waals surface area contributed by atoms with Gasteiger partial charge in [0.1, 0.15) is 5.82 Å². The van der Waals surface area contributed by atoms with Gasteiger partial charge in [-0.05, 0) is 24.3 Å². The van der Waals surface area contributed by atoms with E-state index >= 15 is 0 Å². The van der Waals surface area contributed by atoms with E-state index in [1.165, 1.54) is 18.2 Å². The summed E-state index contributed by atoms with van der Waals surface area (Å²) in [6, 6.07) is 14.2. The molecule has 132 valence electrons. The number of Topliss-reactive ketones (excluding diaryl/α,β-unsaturated/α-hetero) is 2. The van der Waals surface area contributed by atoms with Crippen LogP contribution in [0.5, 0.6) is 0 Å². The van der Waals surface area contributed by atoms with Gasteiger partial charge in [-0.3, -0.25) is 9.59 Å². The molecule has 1 N–H and O–H groups in total. The van der Waals surface area contributed by atoms with Crippen molar-refractivity contribution in [2.24, 2.45) is 0 Å². The maximum atomic E-state index is 13.6. The summed E-state index contributed by atoms with van der Waals surface area (Å²) >= 11 is 0. The number of nitrogens with one attached hydrogen (secondary N) is 1. The quantitative estimate of drug-likeness (QED) is 0.487. The van der Waals surface area contributed by atoms with Gasteiger partial charge in [-0.1, -0.05) is 30.3 Å². The van der Waals surface area contributed by atoms with Gasteiger partial charge < -0.3 is 14.8 Å². The summed E-state index contributed by atoms with van der Waals surface area (Å²) in [6.45, 7) is -0.990. The van der Waals surface area contributed by atoms with E-state index in [0.717, 1.165) is 6.07 Å². The van der Waals surface area contributed by atoms with Crippen LogP contribution < -0.4 is 5.32 Å². The summed E-state index contributed by atoms with van der Waals surface area (Å²) < 4.78 is 23.6. The van der Waals surface area contributed by atoms with Gasteiger partial charge in [-0.2, -0.15) is 0 Å². The van der Waals surface area contributed by atoms with Gasteiger partial charge >= 0.3 is 5.97 Å². The van der Waals surface area contributed by atoms with E-state index in [1.807, 2.05) is 6.07 Å². The molecule has 0 bridgehead atoms. The fraction of sp³-hybridized carbons (Fsp3) is 0.105. The molecule has 1 aliphatic rings. The lowest BCUT2D eigenvalue weighted by Crippen LogP contribution is -2.20. The van der Waals surface area contributed by atoms with Crippen LogP contribution in [0.2, 0.25) is 0 Å². The lowest BCUT2D eigenvalue weighted by Gasteiger charge is -2.09. The number of carbonyl (C=O) groups excluding carboxylic acids is 3. The number of hydrogen-bond acceptors (Lipinski definition) is 6. The number of carbonyl (C=O) groups is 3. The van der Waals surface area contributed by atoms with E-state index in [-0.39, 0.29) is 23.6 Å². The molecule has 0 aliphatic carbocycles. The largest absolute Gasteiger partial charge is 0.470 e. The Morgan fingerprint density at radius 1 is 1.08 bits per heavy atom. The Morgan fingerprint density at radius 2 is 1.77 bits per heavy atom. The van der Waals surface area contributed by atoms with Crippen LogP contribution >= 0.6 is 0 Å². The Morgan fingerprint density at radius 3 is 2.50 bits per heavy atom. The normalized spacial score (nSPS) is 13.3. The average Bonchev–Trinajstić information content (AvgIpc) is 3.01. The molecule has 0 radical (unpaired) electrons. The number of rotatable bonds is 6. The van der Waals surface area contributed by atoms with Gasteiger partial charge in [0.2, 0.25) is 17.4 Å². The number of ether oxygens (including phenoxy) is 2.